The van der Waals surface area contributed by atoms with E-state index in [1.807, 2.05) is 90.1 Å². The van der Waals surface area contributed by atoms with E-state index in [-0.39, 0.29) is 42.5 Å². The van der Waals surface area contributed by atoms with Gasteiger partial charge in [-0.1, -0.05) is 87.3 Å². The fraction of sp³-hybridized carbons (Fsp3) is 0.524. The molecule has 0 saturated heterocycles. The van der Waals surface area contributed by atoms with Crippen LogP contribution in [0, 0.1) is 11.3 Å². The summed E-state index contributed by atoms with van der Waals surface area (Å²) in [6.45, 7) is 11.9. The van der Waals surface area contributed by atoms with Crippen molar-refractivity contribution in [2.24, 2.45) is 16.5 Å². The van der Waals surface area contributed by atoms with Crippen molar-refractivity contribution in [2.75, 3.05) is 20.1 Å². The first-order chi connectivity index (χ1) is 26.4. The number of nitrogens with one attached hydrogen (secondary N) is 2. The second-order valence-corrected chi connectivity index (χ2v) is 18.7. The van der Waals surface area contributed by atoms with E-state index in [4.69, 9.17) is 9.94 Å². The highest BCUT2D eigenvalue weighted by Crippen LogP contribution is 2.29. The van der Waals surface area contributed by atoms with Gasteiger partial charge < -0.3 is 30.6 Å². The molecule has 1 fully saturated rings. The van der Waals surface area contributed by atoms with Crippen LogP contribution in [0.15, 0.2) is 82.8 Å². The lowest BCUT2D eigenvalue weighted by molar-refractivity contribution is -0.127. The summed E-state index contributed by atoms with van der Waals surface area (Å²) in [5, 5.41) is 29.8. The molecule has 0 unspecified atom stereocenters. The number of amides is 3. The van der Waals surface area contributed by atoms with Gasteiger partial charge in [-0.05, 0) is 86.8 Å². The summed E-state index contributed by atoms with van der Waals surface area (Å²) >= 11 is 0. The minimum atomic E-state index is -4.07. The van der Waals surface area contributed by atoms with Gasteiger partial charge in [0.1, 0.15) is 6.04 Å². The van der Waals surface area contributed by atoms with Crippen molar-refractivity contribution >= 4 is 28.2 Å². The van der Waals surface area contributed by atoms with Gasteiger partial charge in [0, 0.05) is 20.1 Å². The maximum absolute atomic E-state index is 14.2. The second kappa shape index (κ2) is 19.7. The van der Waals surface area contributed by atoms with Crippen LogP contribution in [0.4, 0.5) is 4.79 Å². The zero-order valence-corrected chi connectivity index (χ0v) is 34.6. The van der Waals surface area contributed by atoms with Crippen LogP contribution >= 0.6 is 0 Å². The standard InChI is InChI=1S/C42H60N6O7S/c1-41(2,3)38(46-40(51)47(7)27-33-18-13-19-34(44-33)29-55-42(4,5)6)39(50)45-36(24-30-14-9-8-10-15-30)37(49)28-48(26-32-16-11-12-17-32)56(53,54)35-22-20-31(21-23-35)25-43-52/h8-10,13-15,18-23,25,32,36-38,49,52H,11-12,16-17,24,26-29H2,1-7H3,(H,45,50)(H,46,51)/t36-,37+,38+/m0/s1. The highest BCUT2D eigenvalue weighted by atomic mass is 32.2. The fourth-order valence-electron chi connectivity index (χ4n) is 6.66. The Morgan fingerprint density at radius 2 is 1.59 bits per heavy atom. The minimum absolute atomic E-state index is 0.0428. The van der Waals surface area contributed by atoms with Crippen molar-refractivity contribution in [1.82, 2.24) is 24.8 Å². The van der Waals surface area contributed by atoms with Crippen molar-refractivity contribution in [3.8, 4) is 0 Å². The minimum Gasteiger partial charge on any atom is -0.411 e. The van der Waals surface area contributed by atoms with E-state index in [1.54, 1.807) is 19.2 Å². The number of benzene rings is 2. The number of ether oxygens (including phenoxy) is 1. The Bertz CT molecular complexity index is 1850. The number of urea groups is 1. The summed E-state index contributed by atoms with van der Waals surface area (Å²) < 4.78 is 35.5. The van der Waals surface area contributed by atoms with E-state index in [9.17, 15) is 23.1 Å². The average Bonchev–Trinajstić information content (AvgIpc) is 3.66. The van der Waals surface area contributed by atoms with E-state index in [2.05, 4.69) is 20.8 Å². The molecule has 3 aromatic rings. The molecule has 0 radical (unpaired) electrons. The molecular formula is C42H60N6O7S. The molecule has 0 bridgehead atoms. The molecule has 0 spiro atoms. The third-order valence-corrected chi connectivity index (χ3v) is 11.6. The first-order valence-electron chi connectivity index (χ1n) is 19.3. The molecule has 4 rings (SSSR count). The Morgan fingerprint density at radius 3 is 2.20 bits per heavy atom. The molecule has 1 aromatic heterocycles. The van der Waals surface area contributed by atoms with E-state index >= 15 is 0 Å². The molecule has 1 saturated carbocycles. The van der Waals surface area contributed by atoms with Gasteiger partial charge in [0.2, 0.25) is 15.9 Å². The molecular weight excluding hydrogens is 733 g/mol. The van der Waals surface area contributed by atoms with Crippen LogP contribution in [0.5, 0.6) is 0 Å². The Kier molecular flexibility index (Phi) is 15.6. The maximum atomic E-state index is 14.2. The van der Waals surface area contributed by atoms with Gasteiger partial charge in [-0.3, -0.25) is 9.78 Å². The third-order valence-electron chi connectivity index (χ3n) is 9.80. The normalized spacial score (nSPS) is 15.8. The smallest absolute Gasteiger partial charge is 0.318 e. The summed E-state index contributed by atoms with van der Waals surface area (Å²) in [6.07, 6.45) is 3.89. The van der Waals surface area contributed by atoms with E-state index < -0.39 is 45.6 Å². The highest BCUT2D eigenvalue weighted by Gasteiger charge is 2.38. The summed E-state index contributed by atoms with van der Waals surface area (Å²) in [4.78, 5) is 34.0. The summed E-state index contributed by atoms with van der Waals surface area (Å²) in [6, 6.07) is 18.5. The molecule has 0 aliphatic heterocycles. The molecule has 1 aliphatic carbocycles. The molecule has 2 aromatic carbocycles. The van der Waals surface area contributed by atoms with Gasteiger partial charge in [-0.25, -0.2) is 13.2 Å². The van der Waals surface area contributed by atoms with Gasteiger partial charge in [0.25, 0.3) is 0 Å². The van der Waals surface area contributed by atoms with Gasteiger partial charge in [-0.15, -0.1) is 0 Å². The van der Waals surface area contributed by atoms with E-state index in [0.717, 1.165) is 36.9 Å². The number of rotatable bonds is 17. The Morgan fingerprint density at radius 1 is 0.946 bits per heavy atom. The topological polar surface area (TPSA) is 174 Å². The third kappa shape index (κ3) is 13.4. The Balaban J connectivity index is 1.55. The number of carbonyl (C=O) groups is 2. The number of sulfonamides is 1. The number of hydrogen-bond acceptors (Lipinski definition) is 9. The Labute approximate surface area is 332 Å². The zero-order chi connectivity index (χ0) is 41.1. The van der Waals surface area contributed by atoms with Gasteiger partial charge >= 0.3 is 6.03 Å². The Hall–Kier alpha value is -4.37. The number of aromatic nitrogens is 1. The van der Waals surface area contributed by atoms with E-state index in [1.165, 1.54) is 27.6 Å². The molecule has 14 heteroatoms. The van der Waals surface area contributed by atoms with Crippen LogP contribution in [0.25, 0.3) is 0 Å². The van der Waals surface area contributed by atoms with Crippen LogP contribution in [-0.2, 0) is 39.1 Å². The summed E-state index contributed by atoms with van der Waals surface area (Å²) in [5.74, 6) is -0.378. The lowest BCUT2D eigenvalue weighted by Gasteiger charge is -2.35. The lowest BCUT2D eigenvalue weighted by Crippen LogP contribution is -2.60. The second-order valence-electron chi connectivity index (χ2n) is 16.8. The van der Waals surface area contributed by atoms with Crippen LogP contribution in [0.3, 0.4) is 0 Å². The first-order valence-corrected chi connectivity index (χ1v) is 20.7. The van der Waals surface area contributed by atoms with Gasteiger partial charge in [0.05, 0.1) is 53.4 Å². The molecule has 13 nitrogen and oxygen atoms in total. The van der Waals surface area contributed by atoms with Gasteiger partial charge in [0.15, 0.2) is 0 Å². The van der Waals surface area contributed by atoms with Crippen molar-refractivity contribution in [1.29, 1.82) is 0 Å². The van der Waals surface area contributed by atoms with Crippen LogP contribution in [-0.4, -0.2) is 95.0 Å². The number of aliphatic hydroxyl groups excluding tert-OH is 1. The zero-order valence-electron chi connectivity index (χ0n) is 33.8. The fourth-order valence-corrected chi connectivity index (χ4v) is 8.19. The van der Waals surface area contributed by atoms with Crippen molar-refractivity contribution in [3.05, 3.63) is 95.3 Å². The lowest BCUT2D eigenvalue weighted by atomic mass is 9.85. The highest BCUT2D eigenvalue weighted by molar-refractivity contribution is 7.89. The quantitative estimate of drug-likeness (QED) is 0.0762. The maximum Gasteiger partial charge on any atom is 0.318 e. The SMILES string of the molecule is CN(Cc1cccc(COC(C)(C)C)n1)C(=O)N[C@H](C(=O)N[C@@H](Cc1ccccc1)[C@H](O)CN(CC1CCCC1)S(=O)(=O)c1ccc(C=NO)cc1)C(C)(C)C. The number of aliphatic hydroxyl groups is 1. The first kappa shape index (κ1) is 44.3. The number of nitrogens with zero attached hydrogens (tertiary/aromatic N) is 4. The van der Waals surface area contributed by atoms with Crippen molar-refractivity contribution < 1.29 is 33.1 Å². The molecule has 1 heterocycles. The largest absolute Gasteiger partial charge is 0.411 e. The monoisotopic (exact) mass is 792 g/mol. The predicted octanol–water partition coefficient (Wildman–Crippen LogP) is 5.73. The van der Waals surface area contributed by atoms with Gasteiger partial charge in [-0.2, -0.15) is 4.31 Å². The van der Waals surface area contributed by atoms with E-state index in [0.29, 0.717) is 17.9 Å². The number of oxime groups is 1. The van der Waals surface area contributed by atoms with Crippen molar-refractivity contribution in [2.45, 2.75) is 115 Å². The number of hydrogen-bond donors (Lipinski definition) is 4. The molecule has 56 heavy (non-hydrogen) atoms. The van der Waals surface area contributed by atoms with Crippen LogP contribution in [0.1, 0.15) is 89.7 Å². The number of carbonyl (C=O) groups excluding carboxylic acids is 2. The summed E-state index contributed by atoms with van der Waals surface area (Å²) in [7, 11) is -2.45. The molecule has 1 aliphatic rings. The molecule has 306 valence electrons. The average molecular weight is 793 g/mol. The molecule has 3 atom stereocenters. The molecule has 4 N–H and O–H groups in total. The summed E-state index contributed by atoms with van der Waals surface area (Å²) in [5.41, 5.74) is 1.69. The number of pyridine rings is 1. The predicted molar refractivity (Wildman–Crippen MR) is 217 cm³/mol. The molecule has 3 amide bonds. The van der Waals surface area contributed by atoms with Crippen molar-refractivity contribution in [3.63, 3.8) is 0 Å². The van der Waals surface area contributed by atoms with Crippen LogP contribution < -0.4 is 10.6 Å². The van der Waals surface area contributed by atoms with Crippen LogP contribution in [0.2, 0.25) is 0 Å².